The topological polar surface area (TPSA) is 162 Å². The molecule has 2 amide bonds. The molecule has 0 saturated carbocycles. The summed E-state index contributed by atoms with van der Waals surface area (Å²) in [6.45, 7) is 2.93. The van der Waals surface area contributed by atoms with Crippen LogP contribution in [0.1, 0.15) is 33.3 Å². The highest BCUT2D eigenvalue weighted by atomic mass is 16.4. The van der Waals surface area contributed by atoms with Gasteiger partial charge in [-0.3, -0.25) is 9.59 Å². The minimum absolute atomic E-state index is 0. The molecule has 0 radical (unpaired) electrons. The molecule has 0 aliphatic rings. The van der Waals surface area contributed by atoms with Gasteiger partial charge in [0.2, 0.25) is 11.8 Å². The Bertz CT molecular complexity index is 648. The van der Waals surface area contributed by atoms with Crippen molar-refractivity contribution in [1.82, 2.24) is 10.6 Å². The van der Waals surface area contributed by atoms with E-state index in [4.69, 9.17) is 5.73 Å². The molecule has 1 aromatic carbocycles. The van der Waals surface area contributed by atoms with E-state index in [2.05, 4.69) is 10.6 Å². The Morgan fingerprint density at radius 3 is 2.04 bits per heavy atom. The number of carboxylic acids is 1. The first-order chi connectivity index (χ1) is 12.6. The van der Waals surface area contributed by atoms with Crippen molar-refractivity contribution in [2.75, 3.05) is 6.61 Å². The van der Waals surface area contributed by atoms with Gasteiger partial charge in [0.1, 0.15) is 17.8 Å². The Labute approximate surface area is 164 Å². The summed E-state index contributed by atoms with van der Waals surface area (Å²) in [6.07, 6.45) is 0.379. The van der Waals surface area contributed by atoms with E-state index < -0.39 is 42.5 Å². The minimum atomic E-state index is -1.31. The van der Waals surface area contributed by atoms with Crippen LogP contribution < -0.4 is 16.4 Å². The van der Waals surface area contributed by atoms with E-state index >= 15 is 0 Å². The normalized spacial score (nSPS) is 13.8. The molecule has 0 aromatic heterocycles. The average molecular weight is 397 g/mol. The molecular weight excluding hydrogens is 366 g/mol. The summed E-state index contributed by atoms with van der Waals surface area (Å²) < 4.78 is 0. The van der Waals surface area contributed by atoms with Crippen LogP contribution in [0.5, 0.6) is 5.75 Å². The fourth-order valence-corrected chi connectivity index (χ4v) is 2.42. The molecule has 1 rings (SSSR count). The fraction of sp³-hybridized carbons (Fsp3) is 0.526. The van der Waals surface area contributed by atoms with Gasteiger partial charge in [0.15, 0.2) is 0 Å². The minimum Gasteiger partial charge on any atom is -0.508 e. The summed E-state index contributed by atoms with van der Waals surface area (Å²) in [5, 5.41) is 32.5. The predicted octanol–water partition coefficient (Wildman–Crippen LogP) is -0.00930. The highest BCUT2D eigenvalue weighted by molar-refractivity contribution is 5.91. The van der Waals surface area contributed by atoms with Crippen molar-refractivity contribution in [2.24, 2.45) is 11.7 Å². The van der Waals surface area contributed by atoms with Gasteiger partial charge >= 0.3 is 5.97 Å². The number of aromatic hydroxyl groups is 1. The number of rotatable bonds is 10. The van der Waals surface area contributed by atoms with E-state index in [-0.39, 0.29) is 31.9 Å². The number of hydrogen-bond donors (Lipinski definition) is 6. The molecular formula is C19H31N3O6. The van der Waals surface area contributed by atoms with Crippen LogP contribution in [-0.4, -0.2) is 57.8 Å². The zero-order valence-corrected chi connectivity index (χ0v) is 15.4. The first-order valence-corrected chi connectivity index (χ1v) is 8.62. The Morgan fingerprint density at radius 1 is 1.04 bits per heavy atom. The van der Waals surface area contributed by atoms with Gasteiger partial charge in [-0.2, -0.15) is 0 Å². The Balaban J connectivity index is 0.00000729. The second kappa shape index (κ2) is 11.9. The molecule has 3 atom stereocenters. The lowest BCUT2D eigenvalue weighted by Gasteiger charge is -2.22. The van der Waals surface area contributed by atoms with Gasteiger partial charge in [0.25, 0.3) is 0 Å². The molecule has 0 aliphatic carbocycles. The summed E-state index contributed by atoms with van der Waals surface area (Å²) in [7, 11) is 0. The first kappa shape index (κ1) is 25.4. The number of phenols is 1. The number of phenolic OH excluding ortho intramolecular Hbond substituents is 1. The lowest BCUT2D eigenvalue weighted by molar-refractivity contribution is -0.143. The third kappa shape index (κ3) is 8.36. The number of carbonyl (C=O) groups excluding carboxylic acids is 2. The monoisotopic (exact) mass is 397 g/mol. The molecule has 7 N–H and O–H groups in total. The van der Waals surface area contributed by atoms with Crippen LogP contribution in [0.2, 0.25) is 0 Å². The maximum absolute atomic E-state index is 12.2. The van der Waals surface area contributed by atoms with E-state index in [1.54, 1.807) is 12.1 Å². The van der Waals surface area contributed by atoms with Crippen molar-refractivity contribution >= 4 is 17.8 Å². The van der Waals surface area contributed by atoms with Crippen LogP contribution >= 0.6 is 0 Å². The number of aliphatic hydroxyl groups is 1. The number of aliphatic hydroxyl groups excluding tert-OH is 1. The molecule has 158 valence electrons. The molecule has 0 bridgehead atoms. The number of nitrogens with two attached hydrogens (primary N) is 1. The Hall–Kier alpha value is -2.65. The smallest absolute Gasteiger partial charge is 0.326 e. The number of amides is 2. The van der Waals surface area contributed by atoms with E-state index in [1.807, 2.05) is 13.8 Å². The molecule has 0 heterocycles. The molecule has 9 nitrogen and oxygen atoms in total. The summed E-state index contributed by atoms with van der Waals surface area (Å²) in [5.74, 6) is -2.52. The largest absolute Gasteiger partial charge is 0.508 e. The molecule has 0 aliphatic heterocycles. The summed E-state index contributed by atoms with van der Waals surface area (Å²) in [5.41, 5.74) is 6.54. The molecule has 1 aromatic rings. The van der Waals surface area contributed by atoms with Gasteiger partial charge in [-0.05, 0) is 36.5 Å². The highest BCUT2D eigenvalue weighted by Gasteiger charge is 2.28. The highest BCUT2D eigenvalue weighted by Crippen LogP contribution is 2.11. The van der Waals surface area contributed by atoms with Crippen molar-refractivity contribution < 1.29 is 29.7 Å². The number of benzene rings is 1. The van der Waals surface area contributed by atoms with Gasteiger partial charge in [0, 0.05) is 0 Å². The number of aliphatic carboxylic acids is 1. The molecule has 0 saturated heterocycles. The SMILES string of the molecule is C.CC(C)C[C@H](NC(=O)[C@H](CO)NC(=O)[C@@H](N)Cc1ccc(O)cc1)C(=O)O. The van der Waals surface area contributed by atoms with Crippen molar-refractivity contribution in [3.63, 3.8) is 0 Å². The third-order valence-corrected chi connectivity index (χ3v) is 3.87. The number of carboxylic acid groups (broad SMARTS) is 1. The van der Waals surface area contributed by atoms with Crippen LogP contribution in [0.3, 0.4) is 0 Å². The maximum Gasteiger partial charge on any atom is 0.326 e. The van der Waals surface area contributed by atoms with E-state index in [1.165, 1.54) is 12.1 Å². The maximum atomic E-state index is 12.2. The standard InChI is InChI=1S/C18H27N3O6.CH4/c1-10(2)7-14(18(26)27)20-17(25)15(9-22)21-16(24)13(19)8-11-3-5-12(23)6-4-11;/h3-6,10,13-15,22-23H,7-9,19H2,1-2H3,(H,20,25)(H,21,24)(H,26,27);1H4/t13-,14-,15-;/m0./s1. The van der Waals surface area contributed by atoms with Crippen molar-refractivity contribution in [1.29, 1.82) is 0 Å². The van der Waals surface area contributed by atoms with Crippen LogP contribution in [-0.2, 0) is 20.8 Å². The van der Waals surface area contributed by atoms with Crippen LogP contribution in [0.25, 0.3) is 0 Å². The number of carbonyl (C=O) groups is 3. The van der Waals surface area contributed by atoms with Crippen LogP contribution in [0.4, 0.5) is 0 Å². The van der Waals surface area contributed by atoms with Crippen molar-refractivity contribution in [3.05, 3.63) is 29.8 Å². The third-order valence-electron chi connectivity index (χ3n) is 3.87. The zero-order valence-electron chi connectivity index (χ0n) is 15.4. The van der Waals surface area contributed by atoms with Gasteiger partial charge in [0.05, 0.1) is 12.6 Å². The van der Waals surface area contributed by atoms with Gasteiger partial charge in [-0.15, -0.1) is 0 Å². The molecule has 9 heteroatoms. The van der Waals surface area contributed by atoms with Crippen LogP contribution in [0.15, 0.2) is 24.3 Å². The lowest BCUT2D eigenvalue weighted by Crippen LogP contribution is -2.56. The molecule has 0 spiro atoms. The predicted molar refractivity (Wildman–Crippen MR) is 105 cm³/mol. The summed E-state index contributed by atoms with van der Waals surface area (Å²) in [4.78, 5) is 35.6. The molecule has 0 fully saturated rings. The number of nitrogens with one attached hydrogen (secondary N) is 2. The first-order valence-electron chi connectivity index (χ1n) is 8.62. The lowest BCUT2D eigenvalue weighted by atomic mass is 10.0. The Kier molecular flexibility index (Phi) is 10.8. The van der Waals surface area contributed by atoms with E-state index in [0.717, 1.165) is 0 Å². The van der Waals surface area contributed by atoms with Crippen LogP contribution in [0, 0.1) is 5.92 Å². The van der Waals surface area contributed by atoms with Crippen molar-refractivity contribution in [2.45, 2.75) is 52.2 Å². The summed E-state index contributed by atoms with van der Waals surface area (Å²) in [6, 6.07) is 2.74. The van der Waals surface area contributed by atoms with E-state index in [0.29, 0.717) is 5.56 Å². The quantitative estimate of drug-likeness (QED) is 0.323. The second-order valence-electron chi connectivity index (χ2n) is 6.75. The number of hydrogen-bond acceptors (Lipinski definition) is 6. The molecule has 28 heavy (non-hydrogen) atoms. The van der Waals surface area contributed by atoms with Gasteiger partial charge in [-0.1, -0.05) is 33.4 Å². The molecule has 0 unspecified atom stereocenters. The van der Waals surface area contributed by atoms with E-state index in [9.17, 15) is 29.7 Å². The van der Waals surface area contributed by atoms with Gasteiger partial charge in [-0.25, -0.2) is 4.79 Å². The summed E-state index contributed by atoms with van der Waals surface area (Å²) >= 11 is 0. The van der Waals surface area contributed by atoms with Gasteiger partial charge < -0.3 is 31.7 Å². The fourth-order valence-electron chi connectivity index (χ4n) is 2.42. The zero-order chi connectivity index (χ0) is 20.6. The van der Waals surface area contributed by atoms with Crippen molar-refractivity contribution in [3.8, 4) is 5.75 Å². The average Bonchev–Trinajstić information content (AvgIpc) is 2.60. The second-order valence-corrected chi connectivity index (χ2v) is 6.75. The Morgan fingerprint density at radius 2 is 1.57 bits per heavy atom.